The molecule has 0 saturated carbocycles. The normalized spacial score (nSPS) is 16.5. The Morgan fingerprint density at radius 3 is 1.57 bits per heavy atom. The highest BCUT2D eigenvalue weighted by Crippen LogP contribution is 2.28. The average molecular weight is 216 g/mol. The summed E-state index contributed by atoms with van der Waals surface area (Å²) >= 11 is -0.811. The third-order valence-electron chi connectivity index (χ3n) is 2.42. The lowest BCUT2D eigenvalue weighted by atomic mass is 10.0. The fourth-order valence-corrected chi connectivity index (χ4v) is 2.91. The first kappa shape index (κ1) is 14.1. The Morgan fingerprint density at radius 1 is 0.929 bits per heavy atom. The van der Waals surface area contributed by atoms with Crippen molar-refractivity contribution in [3.05, 3.63) is 10.5 Å². The van der Waals surface area contributed by atoms with Gasteiger partial charge in [-0.15, -0.1) is 0 Å². The van der Waals surface area contributed by atoms with E-state index in [1.165, 1.54) is 5.57 Å². The second kappa shape index (κ2) is 5.82. The van der Waals surface area contributed by atoms with Gasteiger partial charge in [0.15, 0.2) is 0 Å². The highest BCUT2D eigenvalue weighted by Gasteiger charge is 2.25. The lowest BCUT2D eigenvalue weighted by molar-refractivity contribution is 0.582. The summed E-state index contributed by atoms with van der Waals surface area (Å²) < 4.78 is 12.1. The predicted molar refractivity (Wildman–Crippen MR) is 65.7 cm³/mol. The minimum absolute atomic E-state index is 0.223. The summed E-state index contributed by atoms with van der Waals surface area (Å²) in [7, 11) is 0. The second-order valence-corrected chi connectivity index (χ2v) is 6.68. The van der Waals surface area contributed by atoms with E-state index < -0.39 is 11.2 Å². The van der Waals surface area contributed by atoms with E-state index >= 15 is 0 Å². The van der Waals surface area contributed by atoms with Crippen molar-refractivity contribution in [3.8, 4) is 0 Å². The molecular weight excluding hydrogens is 192 g/mol. The zero-order valence-electron chi connectivity index (χ0n) is 10.5. The van der Waals surface area contributed by atoms with E-state index in [1.54, 1.807) is 0 Å². The van der Waals surface area contributed by atoms with Gasteiger partial charge in [-0.2, -0.15) is 0 Å². The van der Waals surface area contributed by atoms with Crippen molar-refractivity contribution in [1.29, 1.82) is 0 Å². The van der Waals surface area contributed by atoms with Crippen LogP contribution in [-0.2, 0) is 11.2 Å². The zero-order valence-corrected chi connectivity index (χ0v) is 11.4. The van der Waals surface area contributed by atoms with Crippen molar-refractivity contribution in [2.24, 2.45) is 11.8 Å². The van der Waals surface area contributed by atoms with Gasteiger partial charge in [-0.1, -0.05) is 27.7 Å². The molecule has 1 unspecified atom stereocenters. The predicted octanol–water partition coefficient (Wildman–Crippen LogP) is 3.73. The van der Waals surface area contributed by atoms with Gasteiger partial charge in [0.05, 0.1) is 0 Å². The van der Waals surface area contributed by atoms with Crippen LogP contribution >= 0.6 is 0 Å². The minimum atomic E-state index is -0.811. The highest BCUT2D eigenvalue weighted by atomic mass is 32.2. The first-order chi connectivity index (χ1) is 6.29. The molecule has 0 aliphatic carbocycles. The maximum absolute atomic E-state index is 12.1. The number of hydrogen-bond donors (Lipinski definition) is 0. The van der Waals surface area contributed by atoms with Crippen LogP contribution in [0.1, 0.15) is 48.5 Å². The van der Waals surface area contributed by atoms with Crippen LogP contribution < -0.4 is 0 Å². The second-order valence-electron chi connectivity index (χ2n) is 4.70. The van der Waals surface area contributed by atoms with E-state index in [0.717, 1.165) is 4.91 Å². The van der Waals surface area contributed by atoms with Gasteiger partial charge in [-0.05, 0) is 43.4 Å². The maximum Gasteiger partial charge on any atom is 0.131 e. The fraction of sp³-hybridized carbons (Fsp3) is 0.833. The molecule has 84 valence electrons. The summed E-state index contributed by atoms with van der Waals surface area (Å²) in [5, 5.41) is 0.223. The topological polar surface area (TPSA) is 23.1 Å². The summed E-state index contributed by atoms with van der Waals surface area (Å²) in [5.41, 5.74) is 1.30. The molecule has 0 heterocycles. The number of rotatable bonds is 4. The van der Waals surface area contributed by atoms with Crippen molar-refractivity contribution < 1.29 is 4.55 Å². The van der Waals surface area contributed by atoms with Gasteiger partial charge in [0.2, 0.25) is 0 Å². The Morgan fingerprint density at radius 2 is 1.36 bits per heavy atom. The molecule has 2 heteroatoms. The van der Waals surface area contributed by atoms with Crippen LogP contribution in [0.25, 0.3) is 0 Å². The third kappa shape index (κ3) is 3.66. The quantitative estimate of drug-likeness (QED) is 0.657. The summed E-state index contributed by atoms with van der Waals surface area (Å²) in [5.74, 6) is 0.885. The molecule has 0 aromatic rings. The van der Waals surface area contributed by atoms with Crippen LogP contribution in [0.3, 0.4) is 0 Å². The molecule has 0 aliphatic heterocycles. The van der Waals surface area contributed by atoms with Crippen molar-refractivity contribution in [3.63, 3.8) is 0 Å². The molecule has 0 fully saturated rings. The monoisotopic (exact) mass is 216 g/mol. The first-order valence-electron chi connectivity index (χ1n) is 5.40. The van der Waals surface area contributed by atoms with Crippen LogP contribution in [0.2, 0.25) is 0 Å². The Labute approximate surface area is 92.2 Å². The molecule has 0 aliphatic rings. The van der Waals surface area contributed by atoms with Crippen molar-refractivity contribution in [2.75, 3.05) is 0 Å². The number of allylic oxidation sites excluding steroid dienone is 2. The van der Waals surface area contributed by atoms with Gasteiger partial charge in [0, 0.05) is 5.92 Å². The van der Waals surface area contributed by atoms with Gasteiger partial charge < -0.3 is 4.55 Å². The molecule has 0 bridgehead atoms. The summed E-state index contributed by atoms with van der Waals surface area (Å²) in [6.45, 7) is 14.7. The van der Waals surface area contributed by atoms with E-state index in [4.69, 9.17) is 0 Å². The van der Waals surface area contributed by atoms with E-state index in [9.17, 15) is 4.55 Å². The maximum atomic E-state index is 12.1. The van der Waals surface area contributed by atoms with Gasteiger partial charge in [-0.3, -0.25) is 0 Å². The van der Waals surface area contributed by atoms with Crippen LogP contribution in [-0.4, -0.2) is 9.80 Å². The molecular formula is C12H24OS. The Bertz CT molecular complexity index is 204. The Balaban J connectivity index is 5.04. The summed E-state index contributed by atoms with van der Waals surface area (Å²) in [6.07, 6.45) is 0. The van der Waals surface area contributed by atoms with E-state index in [2.05, 4.69) is 34.6 Å². The largest absolute Gasteiger partial charge is 0.611 e. The number of hydrogen-bond acceptors (Lipinski definition) is 1. The molecule has 14 heavy (non-hydrogen) atoms. The van der Waals surface area contributed by atoms with Crippen molar-refractivity contribution in [2.45, 2.75) is 53.7 Å². The van der Waals surface area contributed by atoms with Gasteiger partial charge in [0.25, 0.3) is 0 Å². The smallest absolute Gasteiger partial charge is 0.131 e. The first-order valence-corrected chi connectivity index (χ1v) is 6.61. The SMILES string of the molecule is C/C(=C(/C(C)C)[S+]([O-])C(C)C)C(C)C. The fourth-order valence-electron chi connectivity index (χ4n) is 1.38. The van der Waals surface area contributed by atoms with Gasteiger partial charge >= 0.3 is 0 Å². The molecule has 0 rings (SSSR count). The molecule has 1 atom stereocenters. The molecule has 0 spiro atoms. The molecule has 0 radical (unpaired) electrons. The van der Waals surface area contributed by atoms with Crippen LogP contribution in [0.15, 0.2) is 10.5 Å². The molecule has 0 aromatic heterocycles. The van der Waals surface area contributed by atoms with E-state index in [1.807, 2.05) is 13.8 Å². The van der Waals surface area contributed by atoms with Gasteiger partial charge in [0.1, 0.15) is 10.2 Å². The lowest BCUT2D eigenvalue weighted by Gasteiger charge is -2.23. The summed E-state index contributed by atoms with van der Waals surface area (Å²) in [6, 6.07) is 0. The molecule has 1 nitrogen and oxygen atoms in total. The van der Waals surface area contributed by atoms with Crippen molar-refractivity contribution >= 4 is 11.2 Å². The van der Waals surface area contributed by atoms with Crippen LogP contribution in [0, 0.1) is 11.8 Å². The Kier molecular flexibility index (Phi) is 5.84. The molecule has 0 amide bonds. The third-order valence-corrected chi connectivity index (χ3v) is 4.51. The Hall–Kier alpha value is 0.0500. The lowest BCUT2D eigenvalue weighted by Crippen LogP contribution is -2.21. The van der Waals surface area contributed by atoms with E-state index in [-0.39, 0.29) is 5.25 Å². The molecule has 0 N–H and O–H groups in total. The van der Waals surface area contributed by atoms with Gasteiger partial charge in [-0.25, -0.2) is 0 Å². The standard InChI is InChI=1S/C12H24OS/c1-8(2)11(7)12(9(3)4)14(13)10(5)6/h8-10H,1-7H3/b12-11+. The minimum Gasteiger partial charge on any atom is -0.611 e. The molecule has 0 saturated heterocycles. The highest BCUT2D eigenvalue weighted by molar-refractivity contribution is 7.95. The average Bonchev–Trinajstić information content (AvgIpc) is 2.03. The van der Waals surface area contributed by atoms with Crippen LogP contribution in [0.4, 0.5) is 0 Å². The molecule has 0 aromatic carbocycles. The van der Waals surface area contributed by atoms with E-state index in [0.29, 0.717) is 11.8 Å². The van der Waals surface area contributed by atoms with Crippen LogP contribution in [0.5, 0.6) is 0 Å². The zero-order chi connectivity index (χ0) is 11.5. The van der Waals surface area contributed by atoms with Crippen molar-refractivity contribution in [1.82, 2.24) is 0 Å². The summed E-state index contributed by atoms with van der Waals surface area (Å²) in [4.78, 5) is 1.15.